The number of benzene rings is 2. The van der Waals surface area contributed by atoms with E-state index in [0.29, 0.717) is 5.78 Å². The smallest absolute Gasteiger partial charge is 0.146 e. The SMILES string of the molecule is CC(C)(C)C(=O)[C@H]1C(C(C)(C)C)=CC(c2ccccc2)=C[C@@]1(C)c1ccccc1. The standard InChI is InChI=1S/C28H34O/c1-26(2,3)23-18-21(20-14-10-8-11-15-20)19-28(7,22-16-12-9-13-17-22)24(23)25(29)27(4,5)6/h8-19,24H,1-7H3/t24-,28+/m1/s1. The van der Waals surface area contributed by atoms with Crippen LogP contribution in [0.1, 0.15) is 59.6 Å². The molecule has 0 unspecified atom stereocenters. The second kappa shape index (κ2) is 7.44. The molecule has 3 rings (SSSR count). The molecule has 0 aliphatic heterocycles. The molecule has 1 nitrogen and oxygen atoms in total. The molecular formula is C28H34O. The van der Waals surface area contributed by atoms with Crippen molar-refractivity contribution in [2.75, 3.05) is 0 Å². The van der Waals surface area contributed by atoms with Gasteiger partial charge < -0.3 is 0 Å². The first-order valence-corrected chi connectivity index (χ1v) is 10.5. The second-order valence-electron chi connectivity index (χ2n) is 10.5. The van der Waals surface area contributed by atoms with E-state index in [4.69, 9.17) is 0 Å². The molecule has 0 heterocycles. The summed E-state index contributed by atoms with van der Waals surface area (Å²) >= 11 is 0. The number of carbonyl (C=O) groups is 1. The van der Waals surface area contributed by atoms with Gasteiger partial charge in [0.15, 0.2) is 0 Å². The molecule has 1 heteroatoms. The van der Waals surface area contributed by atoms with E-state index >= 15 is 0 Å². The van der Waals surface area contributed by atoms with Crippen LogP contribution in [0.5, 0.6) is 0 Å². The monoisotopic (exact) mass is 386 g/mol. The van der Waals surface area contributed by atoms with E-state index in [1.54, 1.807) is 0 Å². The molecule has 29 heavy (non-hydrogen) atoms. The van der Waals surface area contributed by atoms with Crippen molar-refractivity contribution in [3.8, 4) is 0 Å². The number of hydrogen-bond donors (Lipinski definition) is 0. The molecule has 0 fully saturated rings. The van der Waals surface area contributed by atoms with Crippen molar-refractivity contribution < 1.29 is 4.79 Å². The topological polar surface area (TPSA) is 17.1 Å². The molecule has 0 saturated heterocycles. The lowest BCUT2D eigenvalue weighted by Crippen LogP contribution is -2.46. The fourth-order valence-electron chi connectivity index (χ4n) is 4.36. The first kappa shape index (κ1) is 21.3. The Bertz CT molecular complexity index is 933. The van der Waals surface area contributed by atoms with Crippen LogP contribution in [0.4, 0.5) is 0 Å². The van der Waals surface area contributed by atoms with Crippen molar-refractivity contribution in [3.05, 3.63) is 89.5 Å². The van der Waals surface area contributed by atoms with Crippen molar-refractivity contribution in [3.63, 3.8) is 0 Å². The van der Waals surface area contributed by atoms with Gasteiger partial charge in [-0.25, -0.2) is 0 Å². The normalized spacial score (nSPS) is 22.7. The lowest BCUT2D eigenvalue weighted by molar-refractivity contribution is -0.131. The molecular weight excluding hydrogens is 352 g/mol. The summed E-state index contributed by atoms with van der Waals surface area (Å²) in [5.74, 6) is 0.103. The second-order valence-corrected chi connectivity index (χ2v) is 10.5. The predicted octanol–water partition coefficient (Wildman–Crippen LogP) is 7.25. The number of rotatable bonds is 3. The number of allylic oxidation sites excluding steroid dienone is 4. The van der Waals surface area contributed by atoms with Crippen LogP contribution in [0.25, 0.3) is 5.57 Å². The highest BCUT2D eigenvalue weighted by Gasteiger charge is 2.48. The van der Waals surface area contributed by atoms with Gasteiger partial charge in [-0.3, -0.25) is 4.79 Å². The van der Waals surface area contributed by atoms with Crippen molar-refractivity contribution >= 4 is 11.4 Å². The van der Waals surface area contributed by atoms with Crippen LogP contribution in [0, 0.1) is 16.7 Å². The number of hydrogen-bond acceptors (Lipinski definition) is 1. The van der Waals surface area contributed by atoms with Crippen LogP contribution >= 0.6 is 0 Å². The van der Waals surface area contributed by atoms with E-state index in [-0.39, 0.29) is 11.3 Å². The predicted molar refractivity (Wildman–Crippen MR) is 124 cm³/mol. The third-order valence-electron chi connectivity index (χ3n) is 6.05. The molecule has 2 aromatic carbocycles. The molecule has 2 aromatic rings. The van der Waals surface area contributed by atoms with Gasteiger partial charge >= 0.3 is 0 Å². The Kier molecular flexibility index (Phi) is 5.47. The summed E-state index contributed by atoms with van der Waals surface area (Å²) in [5, 5.41) is 0. The number of carbonyl (C=O) groups excluding carboxylic acids is 1. The summed E-state index contributed by atoms with van der Waals surface area (Å²) < 4.78 is 0. The quantitative estimate of drug-likeness (QED) is 0.543. The molecule has 1 aliphatic rings. The molecule has 0 amide bonds. The van der Waals surface area contributed by atoms with Crippen LogP contribution in [-0.4, -0.2) is 5.78 Å². The summed E-state index contributed by atoms with van der Waals surface area (Å²) in [4.78, 5) is 13.8. The maximum atomic E-state index is 13.8. The third kappa shape index (κ3) is 4.15. The Morgan fingerprint density at radius 2 is 1.34 bits per heavy atom. The van der Waals surface area contributed by atoms with Crippen molar-refractivity contribution in [2.24, 2.45) is 16.7 Å². The first-order valence-electron chi connectivity index (χ1n) is 10.5. The van der Waals surface area contributed by atoms with Gasteiger partial charge in [-0.1, -0.05) is 127 Å². The average Bonchev–Trinajstić information content (AvgIpc) is 2.67. The Morgan fingerprint density at radius 3 is 1.83 bits per heavy atom. The molecule has 0 N–H and O–H groups in total. The largest absolute Gasteiger partial charge is 0.298 e. The van der Waals surface area contributed by atoms with Crippen molar-refractivity contribution in [1.29, 1.82) is 0 Å². The van der Waals surface area contributed by atoms with E-state index in [0.717, 1.165) is 0 Å². The molecule has 0 spiro atoms. The zero-order chi connectivity index (χ0) is 21.4. The Morgan fingerprint density at radius 1 is 0.828 bits per heavy atom. The molecule has 1 aliphatic carbocycles. The minimum Gasteiger partial charge on any atom is -0.298 e. The summed E-state index contributed by atoms with van der Waals surface area (Å²) in [6, 6.07) is 21.0. The summed E-state index contributed by atoms with van der Waals surface area (Å²) in [6.45, 7) is 15.0. The van der Waals surface area contributed by atoms with Gasteiger partial charge in [-0.05, 0) is 22.1 Å². The minimum absolute atomic E-state index is 0.115. The van der Waals surface area contributed by atoms with Crippen LogP contribution < -0.4 is 0 Å². The minimum atomic E-state index is -0.414. The van der Waals surface area contributed by atoms with Crippen LogP contribution in [0.2, 0.25) is 0 Å². The Balaban J connectivity index is 2.32. The molecule has 2 atom stereocenters. The van der Waals surface area contributed by atoms with E-state index < -0.39 is 10.8 Å². The fraction of sp³-hybridized carbons (Fsp3) is 0.393. The molecule has 0 saturated carbocycles. The van der Waals surface area contributed by atoms with Crippen LogP contribution in [-0.2, 0) is 10.2 Å². The maximum Gasteiger partial charge on any atom is 0.146 e. The summed E-state index contributed by atoms with van der Waals surface area (Å²) in [7, 11) is 0. The first-order chi connectivity index (χ1) is 13.4. The van der Waals surface area contributed by atoms with Gasteiger partial charge in [-0.15, -0.1) is 0 Å². The Hall–Kier alpha value is -2.41. The van der Waals surface area contributed by atoms with Crippen molar-refractivity contribution in [2.45, 2.75) is 53.9 Å². The zero-order valence-electron chi connectivity index (χ0n) is 18.9. The maximum absolute atomic E-state index is 13.8. The van der Waals surface area contributed by atoms with Crippen LogP contribution in [0.15, 0.2) is 78.4 Å². The highest BCUT2D eigenvalue weighted by molar-refractivity contribution is 5.93. The molecule has 0 aromatic heterocycles. The highest BCUT2D eigenvalue weighted by Crippen LogP contribution is 2.51. The third-order valence-corrected chi connectivity index (χ3v) is 6.05. The lowest BCUT2D eigenvalue weighted by Gasteiger charge is -2.46. The van der Waals surface area contributed by atoms with E-state index in [1.807, 2.05) is 32.9 Å². The van der Waals surface area contributed by atoms with E-state index in [1.165, 1.54) is 22.3 Å². The summed E-state index contributed by atoms with van der Waals surface area (Å²) in [6.07, 6.45) is 4.59. The van der Waals surface area contributed by atoms with Crippen molar-refractivity contribution in [1.82, 2.24) is 0 Å². The molecule has 0 radical (unpaired) electrons. The fourth-order valence-corrected chi connectivity index (χ4v) is 4.36. The highest BCUT2D eigenvalue weighted by atomic mass is 16.1. The number of Topliss-reactive ketones (excluding diaryl/α,β-unsaturated/α-hetero) is 1. The zero-order valence-corrected chi connectivity index (χ0v) is 18.9. The van der Waals surface area contributed by atoms with E-state index in [9.17, 15) is 4.79 Å². The van der Waals surface area contributed by atoms with Gasteiger partial charge in [0.1, 0.15) is 5.78 Å². The molecule has 152 valence electrons. The lowest BCUT2D eigenvalue weighted by atomic mass is 9.56. The van der Waals surface area contributed by atoms with Gasteiger partial charge in [0.05, 0.1) is 5.92 Å². The molecule has 0 bridgehead atoms. The van der Waals surface area contributed by atoms with Crippen LogP contribution in [0.3, 0.4) is 0 Å². The van der Waals surface area contributed by atoms with Gasteiger partial charge in [0.25, 0.3) is 0 Å². The van der Waals surface area contributed by atoms with Gasteiger partial charge in [0.2, 0.25) is 0 Å². The number of ketones is 1. The Labute approximate surface area is 176 Å². The summed E-state index contributed by atoms with van der Waals surface area (Å²) in [5.41, 5.74) is 3.85. The van der Waals surface area contributed by atoms with Gasteiger partial charge in [0, 0.05) is 10.8 Å². The van der Waals surface area contributed by atoms with E-state index in [2.05, 4.69) is 88.4 Å². The van der Waals surface area contributed by atoms with Gasteiger partial charge in [-0.2, -0.15) is 0 Å². The average molecular weight is 387 g/mol.